The maximum atomic E-state index is 10.9. The zero-order valence-electron chi connectivity index (χ0n) is 20.1. The van der Waals surface area contributed by atoms with E-state index < -0.39 is 22.2 Å². The molecule has 0 amide bonds. The third kappa shape index (κ3) is 4.77. The Balaban J connectivity index is 2.38. The van der Waals surface area contributed by atoms with Gasteiger partial charge in [-0.1, -0.05) is 41.5 Å². The molecule has 0 bridgehead atoms. The predicted octanol–water partition coefficient (Wildman–Crippen LogP) is 5.98. The molecule has 0 radical (unpaired) electrons. The van der Waals surface area contributed by atoms with Crippen LogP contribution in [-0.4, -0.2) is 45.7 Å². The van der Waals surface area contributed by atoms with Crippen molar-refractivity contribution in [2.45, 2.75) is 128 Å². The van der Waals surface area contributed by atoms with Gasteiger partial charge >= 0.3 is 0 Å². The van der Waals surface area contributed by atoms with E-state index in [0.29, 0.717) is 5.76 Å². The number of hydrogen-bond acceptors (Lipinski definition) is 4. The van der Waals surface area contributed by atoms with Gasteiger partial charge in [0.2, 0.25) is 0 Å². The van der Waals surface area contributed by atoms with Gasteiger partial charge in [-0.2, -0.15) is 0 Å². The van der Waals surface area contributed by atoms with Crippen LogP contribution in [0.5, 0.6) is 0 Å². The first-order valence-corrected chi connectivity index (χ1v) is 16.7. The van der Waals surface area contributed by atoms with Crippen molar-refractivity contribution in [2.24, 2.45) is 0 Å². The summed E-state index contributed by atoms with van der Waals surface area (Å²) in [7, 11) is -4.01. The lowest BCUT2D eigenvalue weighted by Gasteiger charge is -2.49. The van der Waals surface area contributed by atoms with Crippen molar-refractivity contribution >= 4 is 16.6 Å². The highest BCUT2D eigenvalue weighted by atomic mass is 28.4. The van der Waals surface area contributed by atoms with Crippen LogP contribution in [-0.2, 0) is 13.6 Å². The van der Waals surface area contributed by atoms with Crippen LogP contribution in [0, 0.1) is 0 Å². The van der Waals surface area contributed by atoms with Crippen molar-refractivity contribution in [3.05, 3.63) is 11.8 Å². The topological polar surface area (TPSA) is 47.9 Å². The lowest BCUT2D eigenvalue weighted by atomic mass is 9.77. The molecule has 6 heteroatoms. The summed E-state index contributed by atoms with van der Waals surface area (Å²) in [5.41, 5.74) is -0.814. The summed E-state index contributed by atoms with van der Waals surface area (Å²) >= 11 is 0. The van der Waals surface area contributed by atoms with E-state index in [0.717, 1.165) is 19.3 Å². The standard InChI is InChI=1S/C22H44O4Si2/c1-16-19(26-28(10,11)21(5,6)7)17(25-27(8,9)20(2,3)4)15-18(24-16)22(23)13-12-14-22/h15-17,19,23H,12-14H2,1-11H3/t16-,17?,19-/m0/s1. The summed E-state index contributed by atoms with van der Waals surface area (Å²) in [5.74, 6) is 0.699. The molecule has 0 spiro atoms. The predicted molar refractivity (Wildman–Crippen MR) is 122 cm³/mol. The first-order chi connectivity index (χ1) is 12.4. The van der Waals surface area contributed by atoms with E-state index in [1.807, 2.05) is 6.08 Å². The average molecular weight is 429 g/mol. The van der Waals surface area contributed by atoms with Crippen molar-refractivity contribution in [3.8, 4) is 0 Å². The van der Waals surface area contributed by atoms with Crippen molar-refractivity contribution in [1.29, 1.82) is 0 Å². The highest BCUT2D eigenvalue weighted by Crippen LogP contribution is 2.45. The molecule has 1 heterocycles. The Bertz CT molecular complexity index is 595. The Morgan fingerprint density at radius 2 is 1.43 bits per heavy atom. The molecular formula is C22H44O4Si2. The van der Waals surface area contributed by atoms with Crippen molar-refractivity contribution in [2.75, 3.05) is 0 Å². The highest BCUT2D eigenvalue weighted by Gasteiger charge is 2.50. The molecule has 1 aliphatic carbocycles. The van der Waals surface area contributed by atoms with Gasteiger partial charge in [-0.15, -0.1) is 0 Å². The van der Waals surface area contributed by atoms with E-state index in [9.17, 15) is 5.11 Å². The Morgan fingerprint density at radius 3 is 1.82 bits per heavy atom. The van der Waals surface area contributed by atoms with Crippen LogP contribution < -0.4 is 0 Å². The molecule has 2 aliphatic rings. The molecule has 3 atom stereocenters. The molecule has 1 unspecified atom stereocenters. The molecule has 0 aromatic heterocycles. The van der Waals surface area contributed by atoms with Gasteiger partial charge in [0, 0.05) is 0 Å². The van der Waals surface area contributed by atoms with E-state index in [4.69, 9.17) is 13.6 Å². The minimum atomic E-state index is -2.01. The minimum Gasteiger partial charge on any atom is -0.489 e. The van der Waals surface area contributed by atoms with Crippen LogP contribution in [0.15, 0.2) is 11.8 Å². The van der Waals surface area contributed by atoms with E-state index in [1.165, 1.54) is 0 Å². The number of aliphatic hydroxyl groups is 1. The Labute approximate surface area is 175 Å². The molecule has 0 aromatic rings. The van der Waals surface area contributed by atoms with E-state index in [1.54, 1.807) is 0 Å². The monoisotopic (exact) mass is 428 g/mol. The fraction of sp³-hybridized carbons (Fsp3) is 0.909. The van der Waals surface area contributed by atoms with E-state index >= 15 is 0 Å². The fourth-order valence-corrected chi connectivity index (χ4v) is 5.73. The number of ether oxygens (including phenoxy) is 1. The van der Waals surface area contributed by atoms with Gasteiger partial charge in [-0.25, -0.2) is 0 Å². The molecule has 0 saturated heterocycles. The molecule has 28 heavy (non-hydrogen) atoms. The highest BCUT2D eigenvalue weighted by molar-refractivity contribution is 6.74. The third-order valence-corrected chi connectivity index (χ3v) is 16.5. The van der Waals surface area contributed by atoms with Crippen LogP contribution in [0.25, 0.3) is 0 Å². The summed E-state index contributed by atoms with van der Waals surface area (Å²) in [6.45, 7) is 24.7. The second kappa shape index (κ2) is 7.52. The number of rotatable bonds is 5. The zero-order chi connectivity index (χ0) is 21.8. The van der Waals surface area contributed by atoms with Crippen molar-refractivity contribution in [3.63, 3.8) is 0 Å². The summed E-state index contributed by atoms with van der Waals surface area (Å²) in [5, 5.41) is 11.1. The molecule has 1 fully saturated rings. The van der Waals surface area contributed by atoms with E-state index in [2.05, 4.69) is 74.7 Å². The largest absolute Gasteiger partial charge is 0.489 e. The average Bonchev–Trinajstić information content (AvgIpc) is 2.45. The van der Waals surface area contributed by atoms with Crippen molar-refractivity contribution < 1.29 is 18.7 Å². The summed E-state index contributed by atoms with van der Waals surface area (Å²) in [6, 6.07) is 0. The Morgan fingerprint density at radius 1 is 0.964 bits per heavy atom. The Hall–Kier alpha value is -0.146. The summed E-state index contributed by atoms with van der Waals surface area (Å²) in [6.07, 6.45) is 4.15. The molecular weight excluding hydrogens is 384 g/mol. The van der Waals surface area contributed by atoms with Crippen LogP contribution in [0.1, 0.15) is 67.7 Å². The zero-order valence-corrected chi connectivity index (χ0v) is 22.1. The maximum Gasteiger partial charge on any atom is 0.193 e. The van der Waals surface area contributed by atoms with Crippen LogP contribution in [0.4, 0.5) is 0 Å². The summed E-state index contributed by atoms with van der Waals surface area (Å²) < 4.78 is 19.9. The van der Waals surface area contributed by atoms with Gasteiger partial charge in [0.1, 0.15) is 23.6 Å². The fourth-order valence-electron chi connectivity index (χ4n) is 3.14. The minimum absolute atomic E-state index is 0.109. The molecule has 164 valence electrons. The quantitative estimate of drug-likeness (QED) is 0.547. The first-order valence-electron chi connectivity index (χ1n) is 10.9. The van der Waals surface area contributed by atoms with E-state index in [-0.39, 0.29) is 28.4 Å². The van der Waals surface area contributed by atoms with Crippen molar-refractivity contribution in [1.82, 2.24) is 0 Å². The molecule has 2 rings (SSSR count). The summed E-state index contributed by atoms with van der Waals surface area (Å²) in [4.78, 5) is 0. The first kappa shape index (κ1) is 24.1. The molecule has 4 nitrogen and oxygen atoms in total. The van der Waals surface area contributed by atoms with Gasteiger partial charge in [0.15, 0.2) is 16.6 Å². The Kier molecular flexibility index (Phi) is 6.48. The van der Waals surface area contributed by atoms with Gasteiger partial charge in [-0.05, 0) is 68.5 Å². The van der Waals surface area contributed by atoms with Crippen LogP contribution in [0.2, 0.25) is 36.3 Å². The molecule has 1 saturated carbocycles. The molecule has 1 aliphatic heterocycles. The normalized spacial score (nSPS) is 29.0. The maximum absolute atomic E-state index is 10.9. The number of hydrogen-bond donors (Lipinski definition) is 1. The van der Waals surface area contributed by atoms with Crippen LogP contribution >= 0.6 is 0 Å². The van der Waals surface area contributed by atoms with Gasteiger partial charge in [0.25, 0.3) is 0 Å². The molecule has 1 N–H and O–H groups in total. The van der Waals surface area contributed by atoms with Gasteiger partial charge < -0.3 is 18.7 Å². The second-order valence-electron chi connectivity index (χ2n) is 11.9. The van der Waals surface area contributed by atoms with Gasteiger partial charge in [-0.3, -0.25) is 0 Å². The SMILES string of the molecule is C[C@@H]1OC(C2(O)CCC2)=CC(O[Si](C)(C)C(C)(C)C)[C@H]1O[Si](C)(C)C(C)(C)C. The lowest BCUT2D eigenvalue weighted by Crippen LogP contribution is -2.57. The lowest BCUT2D eigenvalue weighted by molar-refractivity contribution is -0.110. The second-order valence-corrected chi connectivity index (χ2v) is 21.4. The molecule has 0 aromatic carbocycles. The third-order valence-electron chi connectivity index (χ3n) is 7.53. The van der Waals surface area contributed by atoms with Crippen LogP contribution in [0.3, 0.4) is 0 Å². The van der Waals surface area contributed by atoms with Gasteiger partial charge in [0.05, 0.1) is 6.10 Å². The smallest absolute Gasteiger partial charge is 0.193 e.